The highest BCUT2D eigenvalue weighted by atomic mass is 127. The predicted molar refractivity (Wildman–Crippen MR) is 98.7 cm³/mol. The second-order valence-electron chi connectivity index (χ2n) is 5.65. The van der Waals surface area contributed by atoms with Gasteiger partial charge in [0.05, 0.1) is 19.3 Å². The summed E-state index contributed by atoms with van der Waals surface area (Å²) < 4.78 is 5.25. The number of aliphatic imine (C=N–C) groups is 1. The quantitative estimate of drug-likeness (QED) is 0.444. The maximum absolute atomic E-state index is 5.90. The molecule has 1 atom stereocenters. The summed E-state index contributed by atoms with van der Waals surface area (Å²) in [5, 5.41) is 7.49. The van der Waals surface area contributed by atoms with Gasteiger partial charge in [0.2, 0.25) is 0 Å². The summed E-state index contributed by atoms with van der Waals surface area (Å²) in [6.45, 7) is 6.79. The average Bonchev–Trinajstić information content (AvgIpc) is 2.41. The fraction of sp³-hybridized carbons (Fsp3) is 0.533. The van der Waals surface area contributed by atoms with Crippen LogP contribution in [0, 0.1) is 5.41 Å². The molecule has 1 aliphatic heterocycles. The third kappa shape index (κ3) is 5.30. The molecule has 0 bridgehead atoms. The second-order valence-corrected chi connectivity index (χ2v) is 6.08. The monoisotopic (exact) mass is 423 g/mol. The highest BCUT2D eigenvalue weighted by Gasteiger charge is 2.33. The summed E-state index contributed by atoms with van der Waals surface area (Å²) in [7, 11) is 1.78. The van der Waals surface area contributed by atoms with Crippen LogP contribution in [-0.4, -0.2) is 32.8 Å². The smallest absolute Gasteiger partial charge is 0.191 e. The van der Waals surface area contributed by atoms with Gasteiger partial charge in [0.15, 0.2) is 5.96 Å². The Morgan fingerprint density at radius 1 is 1.38 bits per heavy atom. The Balaban J connectivity index is 0.00000220. The van der Waals surface area contributed by atoms with Crippen LogP contribution in [0.1, 0.15) is 25.5 Å². The number of hydrogen-bond donors (Lipinski definition) is 2. The first-order chi connectivity index (χ1) is 9.52. The first-order valence-electron chi connectivity index (χ1n) is 6.83. The zero-order chi connectivity index (χ0) is 14.6. The molecule has 2 rings (SSSR count). The van der Waals surface area contributed by atoms with E-state index < -0.39 is 0 Å². The first-order valence-corrected chi connectivity index (χ1v) is 7.21. The lowest BCUT2D eigenvalue weighted by molar-refractivity contribution is -0.0971. The van der Waals surface area contributed by atoms with Crippen LogP contribution in [-0.2, 0) is 4.74 Å². The molecule has 6 heteroatoms. The molecular weight excluding hydrogens is 401 g/mol. The predicted octanol–water partition coefficient (Wildman–Crippen LogP) is 3.22. The second kappa shape index (κ2) is 8.19. The Kier molecular flexibility index (Phi) is 7.23. The van der Waals surface area contributed by atoms with E-state index in [2.05, 4.69) is 29.5 Å². The molecule has 0 aliphatic carbocycles. The van der Waals surface area contributed by atoms with E-state index in [9.17, 15) is 0 Å². The summed E-state index contributed by atoms with van der Waals surface area (Å²) in [4.78, 5) is 4.26. The molecule has 1 fully saturated rings. The fourth-order valence-electron chi connectivity index (χ4n) is 2.08. The topological polar surface area (TPSA) is 45.7 Å². The fourth-order valence-corrected chi connectivity index (χ4v) is 2.21. The molecule has 0 amide bonds. The molecule has 1 aromatic carbocycles. The Labute approximate surface area is 148 Å². The Morgan fingerprint density at radius 3 is 2.48 bits per heavy atom. The highest BCUT2D eigenvalue weighted by molar-refractivity contribution is 14.0. The van der Waals surface area contributed by atoms with Crippen molar-refractivity contribution in [2.24, 2.45) is 10.4 Å². The molecular formula is C15H23ClIN3O. The van der Waals surface area contributed by atoms with Crippen molar-refractivity contribution in [2.45, 2.75) is 19.9 Å². The minimum atomic E-state index is 0. The van der Waals surface area contributed by atoms with E-state index in [0.29, 0.717) is 0 Å². The van der Waals surface area contributed by atoms with Crippen molar-refractivity contribution in [1.82, 2.24) is 10.6 Å². The van der Waals surface area contributed by atoms with Crippen molar-refractivity contribution in [3.05, 3.63) is 34.9 Å². The van der Waals surface area contributed by atoms with Crippen LogP contribution >= 0.6 is 35.6 Å². The van der Waals surface area contributed by atoms with Gasteiger partial charge in [0.1, 0.15) is 0 Å². The van der Waals surface area contributed by atoms with E-state index in [4.69, 9.17) is 16.3 Å². The van der Waals surface area contributed by atoms with Gasteiger partial charge in [-0.2, -0.15) is 0 Å². The van der Waals surface area contributed by atoms with Crippen LogP contribution in [0.4, 0.5) is 0 Å². The van der Waals surface area contributed by atoms with Gasteiger partial charge in [-0.25, -0.2) is 0 Å². The molecule has 0 spiro atoms. The molecule has 1 heterocycles. The normalized spacial score (nSPS) is 18.2. The number of halogens is 2. The Hall–Kier alpha value is -0.530. The van der Waals surface area contributed by atoms with Gasteiger partial charge >= 0.3 is 0 Å². The lowest BCUT2D eigenvalue weighted by atomic mass is 9.89. The number of guanidine groups is 1. The van der Waals surface area contributed by atoms with Gasteiger partial charge in [-0.05, 0) is 24.6 Å². The van der Waals surface area contributed by atoms with E-state index >= 15 is 0 Å². The van der Waals surface area contributed by atoms with Gasteiger partial charge < -0.3 is 15.4 Å². The lowest BCUT2D eigenvalue weighted by Crippen LogP contribution is -2.51. The van der Waals surface area contributed by atoms with Crippen LogP contribution < -0.4 is 10.6 Å². The standard InChI is InChI=1S/C15H22ClN3O.HI/c1-11(12-4-6-13(16)7-5-12)19-14(17-3)18-8-15(2)9-20-10-15;/h4-7,11H,8-10H2,1-3H3,(H2,17,18,19);1H. The molecule has 118 valence electrons. The summed E-state index contributed by atoms with van der Waals surface area (Å²) in [6, 6.07) is 8.02. The minimum Gasteiger partial charge on any atom is -0.380 e. The highest BCUT2D eigenvalue weighted by Crippen LogP contribution is 2.25. The van der Waals surface area contributed by atoms with E-state index in [1.165, 1.54) is 5.56 Å². The maximum atomic E-state index is 5.90. The molecule has 1 unspecified atom stereocenters. The molecule has 1 aromatic rings. The number of hydrogen-bond acceptors (Lipinski definition) is 2. The largest absolute Gasteiger partial charge is 0.380 e. The maximum Gasteiger partial charge on any atom is 0.191 e. The van der Waals surface area contributed by atoms with Crippen LogP contribution in [0.15, 0.2) is 29.3 Å². The van der Waals surface area contributed by atoms with E-state index in [0.717, 1.165) is 30.7 Å². The molecule has 4 nitrogen and oxygen atoms in total. The minimum absolute atomic E-state index is 0. The number of nitrogens with one attached hydrogen (secondary N) is 2. The number of ether oxygens (including phenoxy) is 1. The number of nitrogens with zero attached hydrogens (tertiary/aromatic N) is 1. The van der Waals surface area contributed by atoms with Crippen LogP contribution in [0.2, 0.25) is 5.02 Å². The zero-order valence-electron chi connectivity index (χ0n) is 12.6. The van der Waals surface area contributed by atoms with Crippen molar-refractivity contribution in [2.75, 3.05) is 26.8 Å². The number of benzene rings is 1. The van der Waals surface area contributed by atoms with E-state index in [1.54, 1.807) is 7.05 Å². The van der Waals surface area contributed by atoms with Crippen molar-refractivity contribution in [3.63, 3.8) is 0 Å². The van der Waals surface area contributed by atoms with Crippen LogP contribution in [0.5, 0.6) is 0 Å². The summed E-state index contributed by atoms with van der Waals surface area (Å²) in [5.74, 6) is 0.806. The van der Waals surface area contributed by atoms with Gasteiger partial charge in [0, 0.05) is 24.0 Å². The third-order valence-corrected chi connectivity index (χ3v) is 3.78. The van der Waals surface area contributed by atoms with Gasteiger partial charge in [0.25, 0.3) is 0 Å². The van der Waals surface area contributed by atoms with E-state index in [1.807, 2.05) is 24.3 Å². The van der Waals surface area contributed by atoms with Gasteiger partial charge in [-0.1, -0.05) is 30.7 Å². The van der Waals surface area contributed by atoms with Crippen LogP contribution in [0.3, 0.4) is 0 Å². The Morgan fingerprint density at radius 2 is 2.00 bits per heavy atom. The van der Waals surface area contributed by atoms with Crippen LogP contribution in [0.25, 0.3) is 0 Å². The van der Waals surface area contributed by atoms with Crippen molar-refractivity contribution in [3.8, 4) is 0 Å². The Bertz CT molecular complexity index is 474. The van der Waals surface area contributed by atoms with Gasteiger partial charge in [-0.3, -0.25) is 4.99 Å². The summed E-state index contributed by atoms with van der Waals surface area (Å²) in [6.07, 6.45) is 0. The first kappa shape index (κ1) is 18.5. The lowest BCUT2D eigenvalue weighted by Gasteiger charge is -2.38. The molecule has 0 saturated carbocycles. The summed E-state index contributed by atoms with van der Waals surface area (Å²) >= 11 is 5.90. The third-order valence-electron chi connectivity index (χ3n) is 3.53. The average molecular weight is 424 g/mol. The van der Waals surface area contributed by atoms with E-state index in [-0.39, 0.29) is 35.4 Å². The van der Waals surface area contributed by atoms with Crippen molar-refractivity contribution in [1.29, 1.82) is 0 Å². The zero-order valence-corrected chi connectivity index (χ0v) is 15.7. The molecule has 21 heavy (non-hydrogen) atoms. The molecule has 0 aromatic heterocycles. The summed E-state index contributed by atoms with van der Waals surface area (Å²) in [5.41, 5.74) is 1.40. The van der Waals surface area contributed by atoms with Crippen molar-refractivity contribution >= 4 is 41.5 Å². The molecule has 2 N–H and O–H groups in total. The molecule has 0 radical (unpaired) electrons. The SMILES string of the molecule is CN=C(NCC1(C)COC1)NC(C)c1ccc(Cl)cc1.I. The number of rotatable bonds is 4. The van der Waals surface area contributed by atoms with Crippen molar-refractivity contribution < 1.29 is 4.74 Å². The van der Waals surface area contributed by atoms with Gasteiger partial charge in [-0.15, -0.1) is 24.0 Å². The molecule has 1 aliphatic rings. The molecule has 1 saturated heterocycles.